The van der Waals surface area contributed by atoms with E-state index in [1.54, 1.807) is 11.3 Å². The topological polar surface area (TPSA) is 83.7 Å². The summed E-state index contributed by atoms with van der Waals surface area (Å²) in [7, 11) is 2.18. The number of carbonyl (C=O) groups is 2. The predicted octanol–water partition coefficient (Wildman–Crippen LogP) is 4.82. The highest BCUT2D eigenvalue weighted by Crippen LogP contribution is 2.43. The minimum absolute atomic E-state index is 0.00162. The maximum absolute atomic E-state index is 13.6. The molecule has 4 heterocycles. The zero-order valence-corrected chi connectivity index (χ0v) is 27.8. The Kier molecular flexibility index (Phi) is 9.96. The Morgan fingerprint density at radius 1 is 1.00 bits per heavy atom. The van der Waals surface area contributed by atoms with Crippen molar-refractivity contribution in [1.29, 1.82) is 0 Å². The largest absolute Gasteiger partial charge is 0.346 e. The van der Waals surface area contributed by atoms with E-state index in [1.165, 1.54) is 11.1 Å². The van der Waals surface area contributed by atoms with E-state index >= 15 is 0 Å². The molecule has 0 spiro atoms. The molecule has 0 saturated carbocycles. The number of thiophene rings is 1. The van der Waals surface area contributed by atoms with Gasteiger partial charge in [-0.05, 0) is 103 Å². The zero-order chi connectivity index (χ0) is 30.7. The van der Waals surface area contributed by atoms with Crippen LogP contribution in [0.15, 0.2) is 24.3 Å². The van der Waals surface area contributed by atoms with Gasteiger partial charge in [0.1, 0.15) is 4.83 Å². The van der Waals surface area contributed by atoms with Crippen LogP contribution < -0.4 is 10.6 Å². The number of H-pyrrole nitrogens is 1. The Balaban J connectivity index is 1.32. The lowest BCUT2D eigenvalue weighted by Crippen LogP contribution is -2.45. The van der Waals surface area contributed by atoms with Crippen molar-refractivity contribution < 1.29 is 9.59 Å². The molecule has 2 aliphatic rings. The maximum Gasteiger partial charge on any atom is 0.233 e. The van der Waals surface area contributed by atoms with E-state index in [4.69, 9.17) is 0 Å². The molecular formula is C34H50N6O2S. The van der Waals surface area contributed by atoms with Crippen molar-refractivity contribution >= 4 is 33.4 Å². The van der Waals surface area contributed by atoms with Gasteiger partial charge in [-0.1, -0.05) is 17.2 Å². The zero-order valence-electron chi connectivity index (χ0n) is 26.9. The number of hydrogen-bond acceptors (Lipinski definition) is 6. The summed E-state index contributed by atoms with van der Waals surface area (Å²) in [5.74, 6) is -0.177. The van der Waals surface area contributed by atoms with Crippen molar-refractivity contribution in [3.05, 3.63) is 45.8 Å². The summed E-state index contributed by atoms with van der Waals surface area (Å²) in [5.41, 5.74) is 4.84. The van der Waals surface area contributed by atoms with Crippen LogP contribution in [-0.4, -0.2) is 97.6 Å². The number of likely N-dealkylation sites (tertiary alicyclic amines) is 1. The molecular weight excluding hydrogens is 556 g/mol. The van der Waals surface area contributed by atoms with Crippen molar-refractivity contribution in [3.8, 4) is 11.3 Å². The van der Waals surface area contributed by atoms with E-state index in [0.29, 0.717) is 6.67 Å². The number of likely N-dealkylation sites (N-methyl/N-ethyl adjacent to an activating group) is 1. The van der Waals surface area contributed by atoms with Crippen LogP contribution in [0.3, 0.4) is 0 Å². The van der Waals surface area contributed by atoms with Crippen molar-refractivity contribution in [2.24, 2.45) is 0 Å². The van der Waals surface area contributed by atoms with Crippen LogP contribution in [0.2, 0.25) is 0 Å². The van der Waals surface area contributed by atoms with Gasteiger partial charge in [-0.2, -0.15) is 0 Å². The summed E-state index contributed by atoms with van der Waals surface area (Å²) in [6, 6.07) is 8.69. The molecule has 0 unspecified atom stereocenters. The number of piperazine rings is 1. The molecule has 5 rings (SSSR count). The van der Waals surface area contributed by atoms with E-state index in [9.17, 15) is 9.59 Å². The third-order valence-corrected chi connectivity index (χ3v) is 10.6. The number of nitrogens with zero attached hydrogens (tertiary/aromatic N) is 3. The van der Waals surface area contributed by atoms with E-state index in [-0.39, 0.29) is 17.7 Å². The first-order valence-corrected chi connectivity index (χ1v) is 16.8. The number of aromatic nitrogens is 1. The number of benzene rings is 1. The van der Waals surface area contributed by atoms with Crippen molar-refractivity contribution in [2.75, 3.05) is 66.1 Å². The second kappa shape index (κ2) is 13.5. The fraction of sp³-hybridized carbons (Fsp3) is 0.588. The number of nitrogens with one attached hydrogen (secondary N) is 3. The molecule has 0 radical (unpaired) electrons. The number of fused-ring (bicyclic) bond motifs is 1. The van der Waals surface area contributed by atoms with Crippen LogP contribution in [0.5, 0.6) is 0 Å². The van der Waals surface area contributed by atoms with Gasteiger partial charge in [-0.3, -0.25) is 14.9 Å². The number of aryl methyl sites for hydroxylation is 2. The summed E-state index contributed by atoms with van der Waals surface area (Å²) in [6.45, 7) is 18.9. The van der Waals surface area contributed by atoms with Crippen LogP contribution in [0.1, 0.15) is 67.5 Å². The molecule has 1 aromatic carbocycles. The SMILES string of the molecule is Cc1cc(C)cc(-c2[nH]c3sc(C(C)(C)C(=O)N4CCCC4)cc3c2[C@H](C)C(=O)NCNCCCN2CCN(C)CC2)c1. The fourth-order valence-corrected chi connectivity index (χ4v) is 7.72. The molecule has 2 aromatic heterocycles. The Bertz CT molecular complexity index is 1410. The standard InChI is InChI=1S/C34H50N6O2S/c1-23-18-24(2)20-26(19-23)30-29(25(3)31(41)36-22-35-10-9-11-39-16-14-38(6)15-17-39)27-21-28(43-32(27)37-30)34(4,5)33(42)40-12-7-8-13-40/h18-21,25,35,37H,7-17,22H2,1-6H3,(H,36,41)/t25-/m0/s1. The van der Waals surface area contributed by atoms with Crippen LogP contribution in [0.4, 0.5) is 0 Å². The first-order chi connectivity index (χ1) is 20.5. The molecule has 9 heteroatoms. The average Bonchev–Trinajstić information content (AvgIpc) is 3.71. The molecule has 8 nitrogen and oxygen atoms in total. The van der Waals surface area contributed by atoms with E-state index in [2.05, 4.69) is 70.6 Å². The molecule has 2 saturated heterocycles. The molecule has 2 fully saturated rings. The fourth-order valence-electron chi connectivity index (χ4n) is 6.55. The molecule has 1 atom stereocenters. The lowest BCUT2D eigenvalue weighted by Gasteiger charge is -2.32. The normalized spacial score (nSPS) is 17.6. The molecule has 3 N–H and O–H groups in total. The number of aromatic amines is 1. The summed E-state index contributed by atoms with van der Waals surface area (Å²) >= 11 is 1.64. The monoisotopic (exact) mass is 606 g/mol. The van der Waals surface area contributed by atoms with Crippen molar-refractivity contribution in [1.82, 2.24) is 30.3 Å². The highest BCUT2D eigenvalue weighted by molar-refractivity contribution is 7.19. The summed E-state index contributed by atoms with van der Waals surface area (Å²) < 4.78 is 0. The van der Waals surface area contributed by atoms with Gasteiger partial charge in [0.15, 0.2) is 0 Å². The number of rotatable bonds is 11. The molecule has 43 heavy (non-hydrogen) atoms. The number of amides is 2. The molecule has 3 aromatic rings. The van der Waals surface area contributed by atoms with Gasteiger partial charge in [-0.25, -0.2) is 0 Å². The average molecular weight is 607 g/mol. The third-order valence-electron chi connectivity index (χ3n) is 9.22. The Labute approximate surface area is 261 Å². The quantitative estimate of drug-likeness (QED) is 0.215. The van der Waals surface area contributed by atoms with Gasteiger partial charge >= 0.3 is 0 Å². The minimum Gasteiger partial charge on any atom is -0.346 e. The van der Waals surface area contributed by atoms with Crippen LogP contribution in [0.25, 0.3) is 21.5 Å². The van der Waals surface area contributed by atoms with Gasteiger partial charge in [0.05, 0.1) is 23.7 Å². The van der Waals surface area contributed by atoms with Gasteiger partial charge < -0.3 is 25.0 Å². The molecule has 2 amide bonds. The van der Waals surface area contributed by atoms with Crippen LogP contribution in [0, 0.1) is 13.8 Å². The summed E-state index contributed by atoms with van der Waals surface area (Å²) in [5, 5.41) is 7.58. The molecule has 0 bridgehead atoms. The first kappa shape index (κ1) is 31.7. The number of carbonyl (C=O) groups excluding carboxylic acids is 2. The highest BCUT2D eigenvalue weighted by Gasteiger charge is 2.37. The molecule has 0 aliphatic carbocycles. The second-order valence-corrected chi connectivity index (χ2v) is 14.3. The van der Waals surface area contributed by atoms with Gasteiger partial charge in [-0.15, -0.1) is 11.3 Å². The van der Waals surface area contributed by atoms with Gasteiger partial charge in [0.25, 0.3) is 0 Å². The Morgan fingerprint density at radius 2 is 1.67 bits per heavy atom. The molecule has 234 valence electrons. The number of hydrogen-bond donors (Lipinski definition) is 3. The predicted molar refractivity (Wildman–Crippen MR) is 178 cm³/mol. The lowest BCUT2D eigenvalue weighted by atomic mass is 9.88. The van der Waals surface area contributed by atoms with Gasteiger partial charge in [0, 0.05) is 49.5 Å². The highest BCUT2D eigenvalue weighted by atomic mass is 32.1. The van der Waals surface area contributed by atoms with E-state index in [0.717, 1.165) is 104 Å². The lowest BCUT2D eigenvalue weighted by molar-refractivity contribution is -0.135. The Morgan fingerprint density at radius 3 is 2.35 bits per heavy atom. The smallest absolute Gasteiger partial charge is 0.233 e. The summed E-state index contributed by atoms with van der Waals surface area (Å²) in [6.07, 6.45) is 3.22. The third kappa shape index (κ3) is 7.17. The molecule has 2 aliphatic heterocycles. The van der Waals surface area contributed by atoms with E-state index in [1.807, 2.05) is 25.7 Å². The second-order valence-electron chi connectivity index (χ2n) is 13.2. The van der Waals surface area contributed by atoms with Gasteiger partial charge in [0.2, 0.25) is 11.8 Å². The van der Waals surface area contributed by atoms with Crippen molar-refractivity contribution in [2.45, 2.75) is 65.2 Å². The summed E-state index contributed by atoms with van der Waals surface area (Å²) in [4.78, 5) is 39.7. The first-order valence-electron chi connectivity index (χ1n) is 16.0. The van der Waals surface area contributed by atoms with Crippen LogP contribution >= 0.6 is 11.3 Å². The Hall–Kier alpha value is -2.72. The van der Waals surface area contributed by atoms with Crippen molar-refractivity contribution in [3.63, 3.8) is 0 Å². The van der Waals surface area contributed by atoms with E-state index < -0.39 is 5.41 Å². The van der Waals surface area contributed by atoms with Crippen LogP contribution in [-0.2, 0) is 15.0 Å². The maximum atomic E-state index is 13.6. The minimum atomic E-state index is -0.619.